The normalized spacial score (nSPS) is 30.9. The number of piperidine rings is 2. The zero-order chi connectivity index (χ0) is 21.7. The summed E-state index contributed by atoms with van der Waals surface area (Å²) in [7, 11) is 0. The summed E-state index contributed by atoms with van der Waals surface area (Å²) in [6, 6.07) is 5.44. The minimum absolute atomic E-state index is 0.153. The number of aromatic nitrogens is 1. The SMILES string of the molecule is CC1=CCC(c2cc3c(cn2)N2CC2(N2CCC(N4CCCCC4)CC2)S3)C=C1CC#N. The van der Waals surface area contributed by atoms with Gasteiger partial charge in [-0.3, -0.25) is 9.88 Å². The van der Waals surface area contributed by atoms with Crippen LogP contribution in [0.15, 0.2) is 40.5 Å². The van der Waals surface area contributed by atoms with Gasteiger partial charge in [-0.2, -0.15) is 5.26 Å². The first-order valence-corrected chi connectivity index (χ1v) is 13.2. The van der Waals surface area contributed by atoms with Crippen LogP contribution in [-0.2, 0) is 0 Å². The zero-order valence-electron chi connectivity index (χ0n) is 19.1. The standard InChI is InChI=1S/C26H33N5S/c1-19-5-6-21(15-20(19)7-10-27)23-16-25-24(17-28-23)31-18-26(31,32-25)30-13-8-22(9-14-30)29-11-3-2-4-12-29/h5,15-17,21-22H,2-4,6-9,11-14,18H2,1H3. The van der Waals surface area contributed by atoms with Gasteiger partial charge < -0.3 is 9.80 Å². The van der Waals surface area contributed by atoms with Gasteiger partial charge in [0.25, 0.3) is 0 Å². The highest BCUT2D eigenvalue weighted by Crippen LogP contribution is 2.61. The van der Waals surface area contributed by atoms with E-state index in [9.17, 15) is 0 Å². The summed E-state index contributed by atoms with van der Waals surface area (Å²) in [4.78, 5) is 14.5. The molecule has 0 radical (unpaired) electrons. The molecule has 3 fully saturated rings. The Labute approximate surface area is 196 Å². The molecule has 0 bridgehead atoms. The monoisotopic (exact) mass is 447 g/mol. The summed E-state index contributed by atoms with van der Waals surface area (Å²) in [6.45, 7) is 8.31. The summed E-state index contributed by atoms with van der Waals surface area (Å²) in [5, 5.41) is 9.15. The second kappa shape index (κ2) is 8.20. The average Bonchev–Trinajstić information content (AvgIpc) is 3.47. The second-order valence-electron chi connectivity index (χ2n) is 10.1. The molecule has 5 nitrogen and oxygen atoms in total. The molecule has 168 valence electrons. The highest BCUT2D eigenvalue weighted by molar-refractivity contribution is 8.01. The van der Waals surface area contributed by atoms with E-state index in [2.05, 4.69) is 63.9 Å². The summed E-state index contributed by atoms with van der Waals surface area (Å²) >= 11 is 2.06. The number of nitriles is 1. The molecule has 1 aromatic rings. The number of rotatable bonds is 4. The molecule has 0 aromatic carbocycles. The molecule has 1 aromatic heterocycles. The van der Waals surface area contributed by atoms with Crippen LogP contribution in [0.2, 0.25) is 0 Å². The van der Waals surface area contributed by atoms with E-state index < -0.39 is 0 Å². The van der Waals surface area contributed by atoms with E-state index in [1.165, 1.54) is 80.0 Å². The number of allylic oxidation sites excluding steroid dienone is 4. The van der Waals surface area contributed by atoms with Gasteiger partial charge in [0, 0.05) is 35.6 Å². The first-order chi connectivity index (χ1) is 15.7. The lowest BCUT2D eigenvalue weighted by atomic mass is 9.88. The van der Waals surface area contributed by atoms with Gasteiger partial charge in [-0.15, -0.1) is 0 Å². The van der Waals surface area contributed by atoms with Gasteiger partial charge in [0.2, 0.25) is 0 Å². The molecule has 0 N–H and O–H groups in total. The molecular formula is C26H33N5S. The lowest BCUT2D eigenvalue weighted by molar-refractivity contribution is 0.0854. The van der Waals surface area contributed by atoms with E-state index >= 15 is 0 Å². The van der Waals surface area contributed by atoms with Crippen LogP contribution < -0.4 is 4.90 Å². The minimum Gasteiger partial charge on any atom is -0.336 e. The van der Waals surface area contributed by atoms with Gasteiger partial charge in [0.1, 0.15) is 0 Å². The summed E-state index contributed by atoms with van der Waals surface area (Å²) in [5.74, 6) is 0.288. The zero-order valence-corrected chi connectivity index (χ0v) is 19.9. The van der Waals surface area contributed by atoms with Crippen LogP contribution in [0.3, 0.4) is 0 Å². The van der Waals surface area contributed by atoms with Gasteiger partial charge in [-0.25, -0.2) is 0 Å². The average molecular weight is 448 g/mol. The van der Waals surface area contributed by atoms with Crippen molar-refractivity contribution in [2.45, 2.75) is 73.7 Å². The lowest BCUT2D eigenvalue weighted by Gasteiger charge is -2.42. The Bertz CT molecular complexity index is 996. The maximum absolute atomic E-state index is 9.15. The quantitative estimate of drug-likeness (QED) is 0.613. The Hall–Kier alpha value is -1.81. The molecule has 1 aliphatic carbocycles. The fraction of sp³-hybridized carbons (Fsp3) is 0.615. The Morgan fingerprint density at radius 3 is 2.78 bits per heavy atom. The van der Waals surface area contributed by atoms with Crippen molar-refractivity contribution in [3.05, 3.63) is 41.3 Å². The van der Waals surface area contributed by atoms with Crippen LogP contribution in [0.25, 0.3) is 0 Å². The third kappa shape index (κ3) is 3.50. The van der Waals surface area contributed by atoms with Crippen LogP contribution in [0.4, 0.5) is 5.69 Å². The molecule has 4 aliphatic heterocycles. The van der Waals surface area contributed by atoms with Crippen molar-refractivity contribution in [1.82, 2.24) is 14.8 Å². The molecule has 6 rings (SSSR count). The maximum atomic E-state index is 9.15. The van der Waals surface area contributed by atoms with Gasteiger partial charge >= 0.3 is 0 Å². The molecule has 0 amide bonds. The first kappa shape index (κ1) is 20.8. The molecule has 2 unspecified atom stereocenters. The number of fused-ring (bicyclic) bond motifs is 3. The van der Waals surface area contributed by atoms with E-state index in [1.54, 1.807) is 0 Å². The number of pyridine rings is 1. The van der Waals surface area contributed by atoms with E-state index in [0.717, 1.165) is 24.7 Å². The molecule has 5 aliphatic rings. The van der Waals surface area contributed by atoms with Crippen molar-refractivity contribution in [2.75, 3.05) is 37.6 Å². The van der Waals surface area contributed by atoms with E-state index in [1.807, 2.05) is 0 Å². The maximum Gasteiger partial charge on any atom is 0.165 e. The fourth-order valence-electron chi connectivity index (χ4n) is 6.21. The number of thioether (sulfide) groups is 1. The lowest BCUT2D eigenvalue weighted by Crippen LogP contribution is -2.50. The van der Waals surface area contributed by atoms with Gasteiger partial charge in [-0.05, 0) is 63.8 Å². The summed E-state index contributed by atoms with van der Waals surface area (Å²) in [6.07, 6.45) is 15.0. The van der Waals surface area contributed by atoms with Crippen molar-refractivity contribution < 1.29 is 0 Å². The predicted molar refractivity (Wildman–Crippen MR) is 130 cm³/mol. The third-order valence-electron chi connectivity index (χ3n) is 8.22. The highest BCUT2D eigenvalue weighted by Gasteiger charge is 2.62. The van der Waals surface area contributed by atoms with Crippen molar-refractivity contribution >= 4 is 17.4 Å². The van der Waals surface area contributed by atoms with Crippen molar-refractivity contribution in [2.24, 2.45) is 0 Å². The molecular weight excluding hydrogens is 414 g/mol. The predicted octanol–water partition coefficient (Wildman–Crippen LogP) is 4.89. The highest BCUT2D eigenvalue weighted by atomic mass is 32.2. The Morgan fingerprint density at radius 1 is 1.19 bits per heavy atom. The van der Waals surface area contributed by atoms with Crippen molar-refractivity contribution in [3.8, 4) is 6.07 Å². The molecule has 3 saturated heterocycles. The Kier molecular flexibility index (Phi) is 5.32. The first-order valence-electron chi connectivity index (χ1n) is 12.4. The topological polar surface area (TPSA) is 46.2 Å². The van der Waals surface area contributed by atoms with Crippen LogP contribution in [-0.4, -0.2) is 58.5 Å². The molecule has 32 heavy (non-hydrogen) atoms. The van der Waals surface area contributed by atoms with E-state index in [0.29, 0.717) is 6.42 Å². The van der Waals surface area contributed by atoms with E-state index in [4.69, 9.17) is 10.2 Å². The number of hydrogen-bond donors (Lipinski definition) is 0. The second-order valence-corrected chi connectivity index (χ2v) is 11.4. The Morgan fingerprint density at radius 2 is 2.00 bits per heavy atom. The van der Waals surface area contributed by atoms with Crippen LogP contribution >= 0.6 is 11.8 Å². The van der Waals surface area contributed by atoms with Crippen molar-refractivity contribution in [1.29, 1.82) is 5.26 Å². The number of hydrogen-bond acceptors (Lipinski definition) is 6. The van der Waals surface area contributed by atoms with Crippen molar-refractivity contribution in [3.63, 3.8) is 0 Å². The molecule has 0 saturated carbocycles. The Balaban J connectivity index is 1.14. The molecule has 2 atom stereocenters. The van der Waals surface area contributed by atoms with Crippen LogP contribution in [0, 0.1) is 11.3 Å². The molecule has 0 spiro atoms. The van der Waals surface area contributed by atoms with E-state index in [-0.39, 0.29) is 10.9 Å². The third-order valence-corrected chi connectivity index (χ3v) is 9.70. The molecule has 5 heterocycles. The summed E-state index contributed by atoms with van der Waals surface area (Å²) < 4.78 is 0. The number of anilines is 1. The van der Waals surface area contributed by atoms with Crippen LogP contribution in [0.5, 0.6) is 0 Å². The smallest absolute Gasteiger partial charge is 0.165 e. The van der Waals surface area contributed by atoms with Gasteiger partial charge in [0.15, 0.2) is 4.99 Å². The molecule has 6 heteroatoms. The van der Waals surface area contributed by atoms with Gasteiger partial charge in [0.05, 0.1) is 30.9 Å². The fourth-order valence-corrected chi connectivity index (χ4v) is 7.72. The summed E-state index contributed by atoms with van der Waals surface area (Å²) in [5.41, 5.74) is 4.88. The number of nitrogens with zero attached hydrogens (tertiary/aromatic N) is 5. The number of likely N-dealkylation sites (tertiary alicyclic amines) is 2. The van der Waals surface area contributed by atoms with Crippen LogP contribution in [0.1, 0.15) is 63.5 Å². The van der Waals surface area contributed by atoms with Gasteiger partial charge in [-0.1, -0.05) is 35.9 Å². The minimum atomic E-state index is 0.153. The largest absolute Gasteiger partial charge is 0.336 e.